The van der Waals surface area contributed by atoms with Crippen molar-refractivity contribution in [2.24, 2.45) is 0 Å². The summed E-state index contributed by atoms with van der Waals surface area (Å²) in [6, 6.07) is 0.705. The Kier molecular flexibility index (Phi) is 4.40. The van der Waals surface area contributed by atoms with Crippen LogP contribution in [0.1, 0.15) is 44.9 Å². The van der Waals surface area contributed by atoms with Crippen molar-refractivity contribution in [2.75, 3.05) is 13.1 Å². The van der Waals surface area contributed by atoms with Crippen LogP contribution in [0.3, 0.4) is 0 Å². The second kappa shape index (κ2) is 6.04. The van der Waals surface area contributed by atoms with Gasteiger partial charge in [0, 0.05) is 25.6 Å². The van der Waals surface area contributed by atoms with Gasteiger partial charge in [-0.05, 0) is 38.5 Å². The van der Waals surface area contributed by atoms with E-state index in [9.17, 15) is 4.79 Å². The first-order chi connectivity index (χ1) is 7.84. The Morgan fingerprint density at radius 3 is 2.94 bits per heavy atom. The van der Waals surface area contributed by atoms with Crippen molar-refractivity contribution in [3.63, 3.8) is 0 Å². The van der Waals surface area contributed by atoms with E-state index >= 15 is 0 Å². The molecule has 0 saturated heterocycles. The molecule has 16 heavy (non-hydrogen) atoms. The lowest BCUT2D eigenvalue weighted by molar-refractivity contribution is -0.120. The predicted octanol–water partition coefficient (Wildman–Crippen LogP) is 1.75. The van der Waals surface area contributed by atoms with Gasteiger partial charge in [-0.2, -0.15) is 0 Å². The Morgan fingerprint density at radius 2 is 2.25 bits per heavy atom. The molecule has 3 nitrogen and oxygen atoms in total. The van der Waals surface area contributed by atoms with Crippen LogP contribution in [0.25, 0.3) is 0 Å². The van der Waals surface area contributed by atoms with Gasteiger partial charge in [-0.15, -0.1) is 0 Å². The normalized spacial score (nSPS) is 19.6. The Morgan fingerprint density at radius 1 is 1.38 bits per heavy atom. The van der Waals surface area contributed by atoms with Crippen molar-refractivity contribution < 1.29 is 4.79 Å². The van der Waals surface area contributed by atoms with E-state index in [1.165, 1.54) is 37.7 Å². The summed E-state index contributed by atoms with van der Waals surface area (Å²) in [6.07, 6.45) is 10.3. The highest BCUT2D eigenvalue weighted by Gasteiger charge is 2.19. The van der Waals surface area contributed by atoms with Gasteiger partial charge in [0.25, 0.3) is 0 Å². The maximum Gasteiger partial charge on any atom is 0.221 e. The molecular weight excluding hydrogens is 200 g/mol. The quantitative estimate of drug-likeness (QED) is 0.644. The molecule has 0 aromatic heterocycles. The van der Waals surface area contributed by atoms with Crippen LogP contribution in [0.4, 0.5) is 0 Å². The number of carbonyl (C=O) groups is 1. The molecule has 2 rings (SSSR count). The average Bonchev–Trinajstić information content (AvgIpc) is 2.94. The number of hydrogen-bond acceptors (Lipinski definition) is 2. The van der Waals surface area contributed by atoms with E-state index in [2.05, 4.69) is 16.7 Å². The van der Waals surface area contributed by atoms with Gasteiger partial charge in [-0.3, -0.25) is 4.79 Å². The van der Waals surface area contributed by atoms with E-state index in [1.54, 1.807) is 0 Å². The molecule has 0 radical (unpaired) electrons. The average molecular weight is 222 g/mol. The number of hydrogen-bond donors (Lipinski definition) is 2. The maximum absolute atomic E-state index is 11.4. The van der Waals surface area contributed by atoms with E-state index in [-0.39, 0.29) is 5.91 Å². The standard InChI is InChI=1S/C13H22N2O/c16-13(8-10-14-12-5-6-12)15-9-7-11-3-1-2-4-11/h3,12,14H,1-2,4-10H2,(H,15,16). The van der Waals surface area contributed by atoms with E-state index in [0.29, 0.717) is 12.5 Å². The molecule has 2 aliphatic rings. The summed E-state index contributed by atoms with van der Waals surface area (Å²) in [6.45, 7) is 1.65. The highest BCUT2D eigenvalue weighted by molar-refractivity contribution is 5.76. The molecule has 1 fully saturated rings. The number of amides is 1. The van der Waals surface area contributed by atoms with Crippen molar-refractivity contribution in [3.8, 4) is 0 Å². The van der Waals surface area contributed by atoms with Crippen molar-refractivity contribution in [2.45, 2.75) is 51.0 Å². The first kappa shape index (κ1) is 11.6. The van der Waals surface area contributed by atoms with Gasteiger partial charge in [0.2, 0.25) is 5.91 Å². The van der Waals surface area contributed by atoms with Gasteiger partial charge in [0.05, 0.1) is 0 Å². The van der Waals surface area contributed by atoms with Crippen LogP contribution in [0.2, 0.25) is 0 Å². The van der Waals surface area contributed by atoms with Crippen LogP contribution >= 0.6 is 0 Å². The summed E-state index contributed by atoms with van der Waals surface area (Å²) in [5, 5.41) is 6.33. The second-order valence-corrected chi connectivity index (χ2v) is 4.83. The summed E-state index contributed by atoms with van der Waals surface area (Å²) in [4.78, 5) is 11.4. The zero-order chi connectivity index (χ0) is 11.2. The number of nitrogens with one attached hydrogen (secondary N) is 2. The highest BCUT2D eigenvalue weighted by atomic mass is 16.1. The molecule has 90 valence electrons. The first-order valence-electron chi connectivity index (χ1n) is 6.52. The van der Waals surface area contributed by atoms with Crippen LogP contribution in [0.15, 0.2) is 11.6 Å². The smallest absolute Gasteiger partial charge is 0.221 e. The van der Waals surface area contributed by atoms with Crippen LogP contribution in [0, 0.1) is 0 Å². The second-order valence-electron chi connectivity index (χ2n) is 4.83. The van der Waals surface area contributed by atoms with Crippen LogP contribution in [0.5, 0.6) is 0 Å². The van der Waals surface area contributed by atoms with E-state index < -0.39 is 0 Å². The van der Waals surface area contributed by atoms with Gasteiger partial charge in [0.1, 0.15) is 0 Å². The van der Waals surface area contributed by atoms with Gasteiger partial charge in [-0.1, -0.05) is 11.6 Å². The minimum Gasteiger partial charge on any atom is -0.356 e. The zero-order valence-electron chi connectivity index (χ0n) is 9.93. The molecule has 0 heterocycles. The number of carbonyl (C=O) groups excluding carboxylic acids is 1. The van der Waals surface area contributed by atoms with Gasteiger partial charge >= 0.3 is 0 Å². The van der Waals surface area contributed by atoms with Gasteiger partial charge < -0.3 is 10.6 Å². The number of allylic oxidation sites excluding steroid dienone is 1. The molecule has 1 amide bonds. The minimum atomic E-state index is 0.187. The molecule has 0 aromatic carbocycles. The fourth-order valence-electron chi connectivity index (χ4n) is 2.09. The fourth-order valence-corrected chi connectivity index (χ4v) is 2.09. The highest BCUT2D eigenvalue weighted by Crippen LogP contribution is 2.19. The summed E-state index contributed by atoms with van der Waals surface area (Å²) in [5.74, 6) is 0.187. The summed E-state index contributed by atoms with van der Waals surface area (Å²) >= 11 is 0. The lowest BCUT2D eigenvalue weighted by atomic mass is 10.2. The molecule has 2 N–H and O–H groups in total. The lowest BCUT2D eigenvalue weighted by Crippen LogP contribution is -2.29. The minimum absolute atomic E-state index is 0.187. The molecule has 0 spiro atoms. The van der Waals surface area contributed by atoms with Crippen molar-refractivity contribution in [1.29, 1.82) is 0 Å². The van der Waals surface area contributed by atoms with Crippen LogP contribution in [-0.4, -0.2) is 25.0 Å². The van der Waals surface area contributed by atoms with E-state index in [1.807, 2.05) is 0 Å². The monoisotopic (exact) mass is 222 g/mol. The molecule has 1 saturated carbocycles. The zero-order valence-corrected chi connectivity index (χ0v) is 9.93. The third kappa shape index (κ3) is 4.35. The lowest BCUT2D eigenvalue weighted by Gasteiger charge is -2.06. The maximum atomic E-state index is 11.4. The Bertz CT molecular complexity index is 269. The molecule has 2 aliphatic carbocycles. The molecule has 3 heteroatoms. The Labute approximate surface area is 97.7 Å². The molecule has 0 aromatic rings. The third-order valence-corrected chi connectivity index (χ3v) is 3.27. The summed E-state index contributed by atoms with van der Waals surface area (Å²) < 4.78 is 0. The molecule has 0 bridgehead atoms. The van der Waals surface area contributed by atoms with Gasteiger partial charge in [0.15, 0.2) is 0 Å². The largest absolute Gasteiger partial charge is 0.356 e. The predicted molar refractivity (Wildman–Crippen MR) is 65.2 cm³/mol. The molecular formula is C13H22N2O. The topological polar surface area (TPSA) is 41.1 Å². The Hall–Kier alpha value is -0.830. The third-order valence-electron chi connectivity index (χ3n) is 3.27. The fraction of sp³-hybridized carbons (Fsp3) is 0.769. The van der Waals surface area contributed by atoms with Crippen molar-refractivity contribution in [3.05, 3.63) is 11.6 Å². The molecule has 0 unspecified atom stereocenters. The van der Waals surface area contributed by atoms with E-state index in [0.717, 1.165) is 19.5 Å². The first-order valence-corrected chi connectivity index (χ1v) is 6.52. The van der Waals surface area contributed by atoms with Crippen molar-refractivity contribution >= 4 is 5.91 Å². The Balaban J connectivity index is 1.46. The van der Waals surface area contributed by atoms with E-state index in [4.69, 9.17) is 0 Å². The number of rotatable bonds is 7. The summed E-state index contributed by atoms with van der Waals surface area (Å²) in [5.41, 5.74) is 1.52. The van der Waals surface area contributed by atoms with Crippen molar-refractivity contribution in [1.82, 2.24) is 10.6 Å². The van der Waals surface area contributed by atoms with Gasteiger partial charge in [-0.25, -0.2) is 0 Å². The SMILES string of the molecule is O=C(CCNC1CC1)NCCC1=CCCC1. The van der Waals surface area contributed by atoms with Crippen LogP contribution in [-0.2, 0) is 4.79 Å². The van der Waals surface area contributed by atoms with Crippen LogP contribution < -0.4 is 10.6 Å². The molecule has 0 atom stereocenters. The molecule has 0 aliphatic heterocycles. The summed E-state index contributed by atoms with van der Waals surface area (Å²) in [7, 11) is 0.